The Morgan fingerprint density at radius 1 is 1.17 bits per heavy atom. The highest BCUT2D eigenvalue weighted by molar-refractivity contribution is 6.12. The molecule has 0 amide bonds. The monoisotopic (exact) mass is 472 g/mol. The zero-order valence-corrected chi connectivity index (χ0v) is 22.4. The third-order valence-electron chi connectivity index (χ3n) is 8.76. The molecule has 1 aromatic carbocycles. The summed E-state index contributed by atoms with van der Waals surface area (Å²) < 4.78 is 0. The lowest BCUT2D eigenvalue weighted by Gasteiger charge is -2.31. The summed E-state index contributed by atoms with van der Waals surface area (Å²) in [7, 11) is 0. The Morgan fingerprint density at radius 2 is 1.91 bits per heavy atom. The number of hydrogen-bond acceptors (Lipinski definition) is 2. The molecule has 0 aliphatic heterocycles. The van der Waals surface area contributed by atoms with E-state index in [2.05, 4.69) is 64.6 Å². The Balaban J connectivity index is 1.45. The summed E-state index contributed by atoms with van der Waals surface area (Å²) in [5.74, 6) is 1.97. The minimum Gasteiger partial charge on any atom is -0.299 e. The van der Waals surface area contributed by atoms with Crippen LogP contribution in [0.2, 0.25) is 0 Å². The first kappa shape index (κ1) is 25.9. The predicted octanol–water partition coefficient (Wildman–Crippen LogP) is 8.39. The third kappa shape index (κ3) is 5.63. The lowest BCUT2D eigenvalue weighted by molar-refractivity contribution is -0.123. The Morgan fingerprint density at radius 3 is 2.54 bits per heavy atom. The minimum absolute atomic E-state index is 0.0896. The molecule has 0 saturated heterocycles. The maximum absolute atomic E-state index is 13.3. The molecular weight excluding hydrogens is 428 g/mol. The highest BCUT2D eigenvalue weighted by atomic mass is 16.2. The van der Waals surface area contributed by atoms with Crippen LogP contribution in [0.15, 0.2) is 59.2 Å². The van der Waals surface area contributed by atoms with Gasteiger partial charge in [-0.15, -0.1) is 0 Å². The van der Waals surface area contributed by atoms with Gasteiger partial charge in [-0.3, -0.25) is 9.59 Å². The van der Waals surface area contributed by atoms with E-state index in [1.165, 1.54) is 48.8 Å². The first-order chi connectivity index (χ1) is 16.7. The van der Waals surface area contributed by atoms with E-state index in [0.717, 1.165) is 43.1 Å². The van der Waals surface area contributed by atoms with Gasteiger partial charge in [-0.25, -0.2) is 0 Å². The largest absolute Gasteiger partial charge is 0.299 e. The molecule has 2 unspecified atom stereocenters. The van der Waals surface area contributed by atoms with E-state index in [-0.39, 0.29) is 23.9 Å². The highest BCUT2D eigenvalue weighted by Gasteiger charge is 2.50. The van der Waals surface area contributed by atoms with Crippen molar-refractivity contribution < 1.29 is 9.59 Å². The van der Waals surface area contributed by atoms with Gasteiger partial charge in [0.1, 0.15) is 5.78 Å². The van der Waals surface area contributed by atoms with E-state index in [9.17, 15) is 9.59 Å². The average Bonchev–Trinajstić information content (AvgIpc) is 3.27. The molecule has 0 aromatic heterocycles. The summed E-state index contributed by atoms with van der Waals surface area (Å²) in [6, 6.07) is 8.30. The van der Waals surface area contributed by atoms with Gasteiger partial charge in [0.05, 0.1) is 11.8 Å². The van der Waals surface area contributed by atoms with Gasteiger partial charge in [-0.2, -0.15) is 0 Å². The lowest BCUT2D eigenvalue weighted by atomic mass is 9.70. The first-order valence-corrected chi connectivity index (χ1v) is 13.9. The van der Waals surface area contributed by atoms with E-state index >= 15 is 0 Å². The summed E-state index contributed by atoms with van der Waals surface area (Å²) in [4.78, 5) is 25.7. The van der Waals surface area contributed by atoms with Crippen LogP contribution in [0.4, 0.5) is 0 Å². The van der Waals surface area contributed by atoms with E-state index < -0.39 is 5.41 Å². The molecule has 1 aromatic rings. The molecule has 2 heteroatoms. The van der Waals surface area contributed by atoms with Crippen LogP contribution in [0, 0.1) is 24.7 Å². The molecule has 3 atom stereocenters. The molecule has 0 radical (unpaired) electrons. The number of benzene rings is 1. The van der Waals surface area contributed by atoms with Crippen molar-refractivity contribution >= 4 is 11.6 Å². The molecule has 1 saturated carbocycles. The van der Waals surface area contributed by atoms with E-state index in [1.807, 2.05) is 0 Å². The zero-order valence-electron chi connectivity index (χ0n) is 22.4. The van der Waals surface area contributed by atoms with E-state index in [4.69, 9.17) is 0 Å². The highest BCUT2D eigenvalue weighted by Crippen LogP contribution is 2.52. The van der Waals surface area contributed by atoms with Crippen LogP contribution in [0.25, 0.3) is 0 Å². The Kier molecular flexibility index (Phi) is 7.99. The molecule has 0 N–H and O–H groups in total. The fourth-order valence-electron chi connectivity index (χ4n) is 7.00. The molecule has 3 aliphatic rings. The zero-order chi connectivity index (χ0) is 25.2. The van der Waals surface area contributed by atoms with Crippen molar-refractivity contribution in [3.05, 3.63) is 70.3 Å². The average molecular weight is 473 g/mol. The number of allylic oxidation sites excluding steroid dienone is 5. The van der Waals surface area contributed by atoms with Crippen LogP contribution in [-0.2, 0) is 15.0 Å². The second kappa shape index (κ2) is 10.8. The van der Waals surface area contributed by atoms with E-state index in [1.54, 1.807) is 11.1 Å². The van der Waals surface area contributed by atoms with Crippen molar-refractivity contribution in [1.29, 1.82) is 0 Å². The van der Waals surface area contributed by atoms with Gasteiger partial charge in [0.15, 0.2) is 5.78 Å². The molecule has 0 bridgehead atoms. The summed E-state index contributed by atoms with van der Waals surface area (Å²) in [6.07, 6.45) is 13.1. The fourth-order valence-corrected chi connectivity index (χ4v) is 7.00. The second-order valence-electron chi connectivity index (χ2n) is 12.0. The van der Waals surface area contributed by atoms with Crippen LogP contribution >= 0.6 is 0 Å². The summed E-state index contributed by atoms with van der Waals surface area (Å²) in [5.41, 5.74) is 7.52. The molecule has 2 nitrogen and oxygen atoms in total. The van der Waals surface area contributed by atoms with Crippen molar-refractivity contribution in [2.24, 2.45) is 17.8 Å². The van der Waals surface area contributed by atoms with Crippen LogP contribution < -0.4 is 0 Å². The minimum atomic E-state index is -0.664. The fraction of sp³-hybridized carbons (Fsp3) is 0.576. The maximum Gasteiger partial charge on any atom is 0.151 e. The summed E-state index contributed by atoms with van der Waals surface area (Å²) in [6.45, 7) is 13.5. The molecule has 188 valence electrons. The van der Waals surface area contributed by atoms with Gasteiger partial charge in [-0.05, 0) is 99.2 Å². The quantitative estimate of drug-likeness (QED) is 0.267. The predicted molar refractivity (Wildman–Crippen MR) is 145 cm³/mol. The Hall–Kier alpha value is -2.22. The smallest absolute Gasteiger partial charge is 0.151 e. The van der Waals surface area contributed by atoms with Crippen LogP contribution in [0.1, 0.15) is 103 Å². The van der Waals surface area contributed by atoms with Gasteiger partial charge in [0.25, 0.3) is 0 Å². The number of hydrogen-bond donors (Lipinski definition) is 0. The molecule has 0 spiro atoms. The molecule has 35 heavy (non-hydrogen) atoms. The first-order valence-electron chi connectivity index (χ1n) is 13.9. The third-order valence-corrected chi connectivity index (χ3v) is 8.76. The Labute approximate surface area is 213 Å². The van der Waals surface area contributed by atoms with Crippen LogP contribution in [0.3, 0.4) is 0 Å². The van der Waals surface area contributed by atoms with Gasteiger partial charge in [-0.1, -0.05) is 74.4 Å². The standard InChI is InChI=1S/C33H44O2/c1-6-7-25(16-22(2)3)10-11-26-12-15-31-24(5)28(18-27(31)17-26)20-33(21-30(34)19-32(33)35)29-13-8-23(4)9-14-29/h7-9,13-14,22,26,28H,5-6,10-12,15-21H2,1-4H3/b25-7-/t26?,28?,33-/m1/s1. The number of aryl methyl sites for hydroxylation is 1. The van der Waals surface area contributed by atoms with Crippen molar-refractivity contribution in [1.82, 2.24) is 0 Å². The van der Waals surface area contributed by atoms with Crippen molar-refractivity contribution in [3.63, 3.8) is 0 Å². The lowest BCUT2D eigenvalue weighted by Crippen LogP contribution is -2.33. The van der Waals surface area contributed by atoms with Gasteiger partial charge in [0, 0.05) is 6.42 Å². The Bertz CT molecular complexity index is 1040. The number of carbonyl (C=O) groups is 2. The van der Waals surface area contributed by atoms with Gasteiger partial charge < -0.3 is 0 Å². The van der Waals surface area contributed by atoms with Gasteiger partial charge >= 0.3 is 0 Å². The molecular formula is C33H44O2. The summed E-state index contributed by atoms with van der Waals surface area (Å²) in [5, 5.41) is 0. The number of ketones is 2. The van der Waals surface area contributed by atoms with Gasteiger partial charge in [0.2, 0.25) is 0 Å². The van der Waals surface area contributed by atoms with Crippen molar-refractivity contribution in [3.8, 4) is 0 Å². The SMILES string of the molecule is C=C1C2=C(CC(CC/C(=C/CC)CC(C)C)CC2)CC1C[C@]1(c2ccc(C)cc2)CC(=O)CC1=O. The number of carbonyl (C=O) groups excluding carboxylic acids is 2. The van der Waals surface area contributed by atoms with Crippen LogP contribution in [0.5, 0.6) is 0 Å². The second-order valence-corrected chi connectivity index (χ2v) is 12.0. The maximum atomic E-state index is 13.3. The number of rotatable bonds is 9. The van der Waals surface area contributed by atoms with Crippen molar-refractivity contribution in [2.75, 3.05) is 0 Å². The molecule has 0 heterocycles. The molecule has 1 fully saturated rings. The normalized spacial score (nSPS) is 27.3. The number of Topliss-reactive ketones (excluding diaryl/α,β-unsaturated/α-hetero) is 2. The summed E-state index contributed by atoms with van der Waals surface area (Å²) >= 11 is 0. The van der Waals surface area contributed by atoms with Crippen molar-refractivity contribution in [2.45, 2.75) is 104 Å². The van der Waals surface area contributed by atoms with E-state index in [0.29, 0.717) is 6.42 Å². The molecule has 3 aliphatic carbocycles. The van der Waals surface area contributed by atoms with Crippen LogP contribution in [-0.4, -0.2) is 11.6 Å². The molecule has 4 rings (SSSR count). The topological polar surface area (TPSA) is 34.1 Å².